The number of carbonyl (C=O) groups is 2. The van der Waals surface area contributed by atoms with Crippen LogP contribution in [0.1, 0.15) is 31.8 Å². The van der Waals surface area contributed by atoms with E-state index in [0.29, 0.717) is 5.76 Å². The van der Waals surface area contributed by atoms with Gasteiger partial charge < -0.3 is 4.74 Å². The Bertz CT molecular complexity index is 1060. The van der Waals surface area contributed by atoms with Crippen molar-refractivity contribution in [2.75, 3.05) is 6.54 Å². The van der Waals surface area contributed by atoms with Crippen LogP contribution in [0.15, 0.2) is 65.9 Å². The SMILES string of the molecule is Cc1ccccc1C1=C[C@@H](C[N+](=O)[O-])C2=C(O1)C(=O)c1ccccc1C2=O. The summed E-state index contributed by atoms with van der Waals surface area (Å²) in [5, 5.41) is 11.2. The van der Waals surface area contributed by atoms with E-state index in [2.05, 4.69) is 0 Å². The first-order valence-corrected chi connectivity index (χ1v) is 8.47. The van der Waals surface area contributed by atoms with Crippen LogP contribution in [0.2, 0.25) is 0 Å². The van der Waals surface area contributed by atoms with Crippen molar-refractivity contribution in [1.82, 2.24) is 0 Å². The van der Waals surface area contributed by atoms with Gasteiger partial charge in [-0.1, -0.05) is 48.5 Å². The van der Waals surface area contributed by atoms with Crippen LogP contribution in [-0.4, -0.2) is 23.0 Å². The molecule has 2 aromatic rings. The lowest BCUT2D eigenvalue weighted by atomic mass is 9.80. The number of carbonyl (C=O) groups excluding carboxylic acids is 2. The highest BCUT2D eigenvalue weighted by molar-refractivity contribution is 6.27. The summed E-state index contributed by atoms with van der Waals surface area (Å²) in [5.74, 6) is -1.39. The molecule has 0 bridgehead atoms. The fourth-order valence-corrected chi connectivity index (χ4v) is 3.52. The molecule has 0 saturated carbocycles. The third-order valence-corrected chi connectivity index (χ3v) is 4.80. The number of ether oxygens (including phenoxy) is 1. The summed E-state index contributed by atoms with van der Waals surface area (Å²) >= 11 is 0. The van der Waals surface area contributed by atoms with E-state index >= 15 is 0 Å². The zero-order chi connectivity index (χ0) is 19.1. The van der Waals surface area contributed by atoms with Crippen molar-refractivity contribution >= 4 is 17.3 Å². The highest BCUT2D eigenvalue weighted by Gasteiger charge is 2.41. The zero-order valence-corrected chi connectivity index (χ0v) is 14.5. The molecule has 0 radical (unpaired) electrons. The molecule has 2 aromatic carbocycles. The van der Waals surface area contributed by atoms with Crippen molar-refractivity contribution in [3.05, 3.63) is 98.3 Å². The van der Waals surface area contributed by atoms with Crippen molar-refractivity contribution in [2.45, 2.75) is 6.92 Å². The Morgan fingerprint density at radius 3 is 2.19 bits per heavy atom. The lowest BCUT2D eigenvalue weighted by Crippen LogP contribution is -2.32. The maximum absolute atomic E-state index is 13.0. The molecular formula is C21H15NO5. The molecule has 0 N–H and O–H groups in total. The average molecular weight is 361 g/mol. The quantitative estimate of drug-likeness (QED) is 0.616. The normalized spacial score (nSPS) is 18.4. The summed E-state index contributed by atoms with van der Waals surface area (Å²) in [6, 6.07) is 13.9. The molecule has 0 aromatic heterocycles. The van der Waals surface area contributed by atoms with Gasteiger partial charge in [-0.3, -0.25) is 19.7 Å². The monoisotopic (exact) mass is 361 g/mol. The van der Waals surface area contributed by atoms with Gasteiger partial charge in [0, 0.05) is 21.6 Å². The van der Waals surface area contributed by atoms with Gasteiger partial charge in [0.05, 0.1) is 11.5 Å². The molecule has 0 amide bonds. The van der Waals surface area contributed by atoms with Gasteiger partial charge in [-0.25, -0.2) is 0 Å². The standard InChI is InChI=1S/C21H15NO5/c1-12-6-2-3-7-14(12)17-10-13(11-22(25)26)18-19(23)15-8-4-5-9-16(15)20(24)21(18)27-17/h2-10,13H,11H2,1H3/t13-/m0/s1. The van der Waals surface area contributed by atoms with Crippen LogP contribution in [0.3, 0.4) is 0 Å². The molecule has 4 rings (SSSR count). The van der Waals surface area contributed by atoms with Crippen molar-refractivity contribution in [3.63, 3.8) is 0 Å². The molecule has 0 saturated heterocycles. The maximum Gasteiger partial charge on any atom is 0.229 e. The highest BCUT2D eigenvalue weighted by atomic mass is 16.6. The highest BCUT2D eigenvalue weighted by Crippen LogP contribution is 2.39. The minimum absolute atomic E-state index is 0.0627. The van der Waals surface area contributed by atoms with Crippen LogP contribution in [0.4, 0.5) is 0 Å². The Hall–Kier alpha value is -3.54. The summed E-state index contributed by atoms with van der Waals surface area (Å²) in [4.78, 5) is 36.6. The number of aryl methyl sites for hydroxylation is 1. The Morgan fingerprint density at radius 2 is 1.56 bits per heavy atom. The molecular weight excluding hydrogens is 346 g/mol. The van der Waals surface area contributed by atoms with Crippen molar-refractivity contribution < 1.29 is 19.2 Å². The van der Waals surface area contributed by atoms with Crippen LogP contribution < -0.4 is 0 Å². The number of nitro groups is 1. The predicted octanol–water partition coefficient (Wildman–Crippen LogP) is 3.59. The molecule has 0 spiro atoms. The van der Waals surface area contributed by atoms with E-state index in [1.807, 2.05) is 31.2 Å². The van der Waals surface area contributed by atoms with Crippen molar-refractivity contribution in [1.29, 1.82) is 0 Å². The lowest BCUT2D eigenvalue weighted by Gasteiger charge is -2.28. The fraction of sp³-hybridized carbons (Fsp3) is 0.143. The number of fused-ring (bicyclic) bond motifs is 1. The first kappa shape index (κ1) is 16.9. The van der Waals surface area contributed by atoms with E-state index in [-0.39, 0.29) is 22.5 Å². The van der Waals surface area contributed by atoms with Gasteiger partial charge in [-0.2, -0.15) is 0 Å². The molecule has 27 heavy (non-hydrogen) atoms. The summed E-state index contributed by atoms with van der Waals surface area (Å²) in [5.41, 5.74) is 2.21. The first-order valence-electron chi connectivity index (χ1n) is 8.47. The zero-order valence-electron chi connectivity index (χ0n) is 14.5. The summed E-state index contributed by atoms with van der Waals surface area (Å²) in [7, 11) is 0. The van der Waals surface area contributed by atoms with Gasteiger partial charge in [0.15, 0.2) is 11.5 Å². The van der Waals surface area contributed by atoms with Gasteiger partial charge in [0.25, 0.3) is 0 Å². The van der Waals surface area contributed by atoms with Gasteiger partial charge in [0.1, 0.15) is 5.76 Å². The molecule has 6 heteroatoms. The van der Waals surface area contributed by atoms with E-state index in [0.717, 1.165) is 11.1 Å². The van der Waals surface area contributed by atoms with Crippen molar-refractivity contribution in [2.24, 2.45) is 5.92 Å². The molecule has 6 nitrogen and oxygen atoms in total. The Balaban J connectivity index is 1.87. The van der Waals surface area contributed by atoms with Gasteiger partial charge in [0.2, 0.25) is 12.3 Å². The molecule has 1 aliphatic heterocycles. The Morgan fingerprint density at radius 1 is 0.963 bits per heavy atom. The van der Waals surface area contributed by atoms with E-state index in [9.17, 15) is 19.7 Å². The van der Waals surface area contributed by atoms with Crippen LogP contribution in [0.25, 0.3) is 5.76 Å². The second-order valence-corrected chi connectivity index (χ2v) is 6.52. The molecule has 134 valence electrons. The molecule has 0 fully saturated rings. The average Bonchev–Trinajstić information content (AvgIpc) is 2.65. The smallest absolute Gasteiger partial charge is 0.229 e. The van der Waals surface area contributed by atoms with E-state index in [1.54, 1.807) is 30.3 Å². The summed E-state index contributed by atoms with van der Waals surface area (Å²) in [6.07, 6.45) is 1.57. The second kappa shape index (κ2) is 6.32. The maximum atomic E-state index is 13.0. The number of nitrogens with zero attached hydrogens (tertiary/aromatic N) is 1. The van der Waals surface area contributed by atoms with Crippen LogP contribution in [-0.2, 0) is 4.74 Å². The van der Waals surface area contributed by atoms with Crippen LogP contribution in [0, 0.1) is 23.0 Å². The van der Waals surface area contributed by atoms with Crippen LogP contribution >= 0.6 is 0 Å². The topological polar surface area (TPSA) is 86.5 Å². The third-order valence-electron chi connectivity index (χ3n) is 4.80. The second-order valence-electron chi connectivity index (χ2n) is 6.52. The van der Waals surface area contributed by atoms with Crippen LogP contribution in [0.5, 0.6) is 0 Å². The first-order chi connectivity index (χ1) is 13.0. The number of benzene rings is 2. The number of hydrogen-bond acceptors (Lipinski definition) is 5. The molecule has 1 heterocycles. The van der Waals surface area contributed by atoms with Gasteiger partial charge in [-0.05, 0) is 18.6 Å². The number of allylic oxidation sites excluding steroid dienone is 1. The van der Waals surface area contributed by atoms with Gasteiger partial charge in [-0.15, -0.1) is 0 Å². The molecule has 2 aliphatic rings. The largest absolute Gasteiger partial charge is 0.452 e. The number of Topliss-reactive ketones (excluding diaryl/α,β-unsaturated/α-hetero) is 2. The van der Waals surface area contributed by atoms with Gasteiger partial charge >= 0.3 is 0 Å². The third kappa shape index (κ3) is 2.75. The molecule has 1 aliphatic carbocycles. The summed E-state index contributed by atoms with van der Waals surface area (Å²) in [6.45, 7) is 1.40. The lowest BCUT2D eigenvalue weighted by molar-refractivity contribution is -0.484. The van der Waals surface area contributed by atoms with E-state index in [4.69, 9.17) is 4.74 Å². The Kier molecular flexibility index (Phi) is 3.96. The van der Waals surface area contributed by atoms with E-state index in [1.165, 1.54) is 0 Å². The Labute approximate surface area is 154 Å². The molecule has 1 atom stereocenters. The minimum atomic E-state index is -0.830. The fourth-order valence-electron chi connectivity index (χ4n) is 3.52. The predicted molar refractivity (Wildman–Crippen MR) is 97.7 cm³/mol. The van der Waals surface area contributed by atoms with E-state index < -0.39 is 29.0 Å². The number of hydrogen-bond donors (Lipinski definition) is 0. The molecule has 0 unspecified atom stereocenters. The minimum Gasteiger partial charge on any atom is -0.452 e. The number of ketones is 2. The van der Waals surface area contributed by atoms with Crippen molar-refractivity contribution in [3.8, 4) is 0 Å². The summed E-state index contributed by atoms with van der Waals surface area (Å²) < 4.78 is 5.86. The number of rotatable bonds is 3.